The third-order valence-corrected chi connectivity index (χ3v) is 6.99. The lowest BCUT2D eigenvalue weighted by atomic mass is 10.1. The molecule has 0 atom stereocenters. The summed E-state index contributed by atoms with van der Waals surface area (Å²) in [5.74, 6) is -1.03. The minimum atomic E-state index is -4.03. The molecule has 0 aliphatic carbocycles. The molecule has 0 radical (unpaired) electrons. The average molecular weight is 400 g/mol. The van der Waals surface area contributed by atoms with Crippen molar-refractivity contribution in [3.63, 3.8) is 0 Å². The van der Waals surface area contributed by atoms with E-state index in [-0.39, 0.29) is 15.5 Å². The Kier molecular flexibility index (Phi) is 4.71. The highest BCUT2D eigenvalue weighted by molar-refractivity contribution is 7.96. The van der Waals surface area contributed by atoms with E-state index in [9.17, 15) is 17.6 Å². The largest absolute Gasteiger partial charge is 0.338 e. The number of fused-ring (bicyclic) bond motifs is 1. The minimum absolute atomic E-state index is 0.0548. The second-order valence-corrected chi connectivity index (χ2v) is 8.89. The monoisotopic (exact) mass is 400 g/mol. The number of aryl methyl sites for hydroxylation is 1. The van der Waals surface area contributed by atoms with E-state index in [4.69, 9.17) is 0 Å². The number of nitrogens with zero attached hydrogens (tertiary/aromatic N) is 2. The van der Waals surface area contributed by atoms with Crippen LogP contribution >= 0.6 is 0 Å². The van der Waals surface area contributed by atoms with Gasteiger partial charge in [0.2, 0.25) is 9.84 Å². The summed E-state index contributed by atoms with van der Waals surface area (Å²) in [7, 11) is -4.03. The number of hydrogen-bond donors (Lipinski definition) is 0. The van der Waals surface area contributed by atoms with Crippen LogP contribution in [0.4, 0.5) is 15.8 Å². The van der Waals surface area contributed by atoms with Crippen LogP contribution in [0.15, 0.2) is 58.5 Å². The molecule has 0 unspecified atom stereocenters. The molecule has 2 aliphatic heterocycles. The summed E-state index contributed by atoms with van der Waals surface area (Å²) in [5.41, 5.74) is 1.96. The topological polar surface area (TPSA) is 57.7 Å². The van der Waals surface area contributed by atoms with Crippen LogP contribution < -0.4 is 4.90 Å². The molecule has 2 aromatic carbocycles. The molecule has 0 saturated carbocycles. The zero-order valence-corrected chi connectivity index (χ0v) is 16.4. The summed E-state index contributed by atoms with van der Waals surface area (Å²) in [4.78, 5) is 15.8. The van der Waals surface area contributed by atoms with Gasteiger partial charge in [-0.25, -0.2) is 12.8 Å². The number of sulfone groups is 1. The molecular weight excluding hydrogens is 379 g/mol. The van der Waals surface area contributed by atoms with Gasteiger partial charge in [0.1, 0.15) is 5.82 Å². The van der Waals surface area contributed by atoms with Crippen molar-refractivity contribution in [3.8, 4) is 0 Å². The first-order valence-corrected chi connectivity index (χ1v) is 10.8. The lowest BCUT2D eigenvalue weighted by molar-refractivity contribution is -0.125. The third-order valence-electron chi connectivity index (χ3n) is 5.21. The lowest BCUT2D eigenvalue weighted by Crippen LogP contribution is -2.35. The first-order chi connectivity index (χ1) is 13.4. The van der Waals surface area contributed by atoms with E-state index in [2.05, 4.69) is 0 Å². The van der Waals surface area contributed by atoms with Crippen molar-refractivity contribution in [2.45, 2.75) is 31.1 Å². The van der Waals surface area contributed by atoms with Crippen molar-refractivity contribution in [1.82, 2.24) is 4.90 Å². The molecule has 0 aromatic heterocycles. The van der Waals surface area contributed by atoms with E-state index in [1.807, 2.05) is 31.2 Å². The summed E-state index contributed by atoms with van der Waals surface area (Å²) in [5, 5.41) is 0. The Morgan fingerprint density at radius 3 is 2.57 bits per heavy atom. The SMILES string of the molecule is CCc1cccc(N2C=C(C(=O)N3CCCC3)S(=O)(=O)c3ccc(F)cc32)c1. The Bertz CT molecular complexity index is 1070. The number of carbonyl (C=O) groups excluding carboxylic acids is 1. The van der Waals surface area contributed by atoms with Crippen molar-refractivity contribution in [3.05, 3.63) is 65.0 Å². The van der Waals surface area contributed by atoms with Crippen LogP contribution in [-0.2, 0) is 21.1 Å². The molecule has 2 aliphatic rings. The smallest absolute Gasteiger partial charge is 0.267 e. The van der Waals surface area contributed by atoms with Crippen LogP contribution in [0.3, 0.4) is 0 Å². The number of halogens is 1. The summed E-state index contributed by atoms with van der Waals surface area (Å²) in [6, 6.07) is 11.1. The summed E-state index contributed by atoms with van der Waals surface area (Å²) in [6.45, 7) is 3.12. The van der Waals surface area contributed by atoms with Gasteiger partial charge >= 0.3 is 0 Å². The maximum Gasteiger partial charge on any atom is 0.267 e. The molecule has 0 bridgehead atoms. The molecule has 1 amide bonds. The van der Waals surface area contributed by atoms with Crippen molar-refractivity contribution in [1.29, 1.82) is 0 Å². The zero-order valence-electron chi connectivity index (χ0n) is 15.6. The van der Waals surface area contributed by atoms with Gasteiger partial charge in [0.05, 0.1) is 10.6 Å². The van der Waals surface area contributed by atoms with E-state index in [1.54, 1.807) is 9.80 Å². The predicted octanol–water partition coefficient (Wildman–Crippen LogP) is 3.78. The molecule has 5 nitrogen and oxygen atoms in total. The van der Waals surface area contributed by atoms with Crippen molar-refractivity contribution < 1.29 is 17.6 Å². The average Bonchev–Trinajstić information content (AvgIpc) is 3.22. The fraction of sp³-hybridized carbons (Fsp3) is 0.286. The van der Waals surface area contributed by atoms with Gasteiger partial charge in [0, 0.05) is 25.0 Å². The van der Waals surface area contributed by atoms with E-state index >= 15 is 0 Å². The molecule has 0 spiro atoms. The van der Waals surface area contributed by atoms with Gasteiger partial charge in [-0.2, -0.15) is 0 Å². The highest BCUT2D eigenvalue weighted by atomic mass is 32.2. The Morgan fingerprint density at radius 1 is 1.11 bits per heavy atom. The maximum absolute atomic E-state index is 14.0. The van der Waals surface area contributed by atoms with Crippen molar-refractivity contribution in [2.24, 2.45) is 0 Å². The summed E-state index contributed by atoms with van der Waals surface area (Å²) in [6.07, 6.45) is 3.87. The van der Waals surface area contributed by atoms with Gasteiger partial charge in [-0.1, -0.05) is 19.1 Å². The van der Waals surface area contributed by atoms with Crippen LogP contribution in [0.1, 0.15) is 25.3 Å². The summed E-state index contributed by atoms with van der Waals surface area (Å²) < 4.78 is 40.3. The fourth-order valence-electron chi connectivity index (χ4n) is 3.67. The second-order valence-electron chi connectivity index (χ2n) is 7.00. The molecule has 7 heteroatoms. The number of rotatable bonds is 3. The maximum atomic E-state index is 14.0. The number of carbonyl (C=O) groups is 1. The number of hydrogen-bond acceptors (Lipinski definition) is 4. The molecule has 146 valence electrons. The molecule has 1 fully saturated rings. The molecule has 0 N–H and O–H groups in total. The second kappa shape index (κ2) is 7.05. The number of anilines is 2. The first kappa shape index (κ1) is 18.7. The Morgan fingerprint density at radius 2 is 1.86 bits per heavy atom. The van der Waals surface area contributed by atoms with Crippen molar-refractivity contribution >= 4 is 27.1 Å². The summed E-state index contributed by atoms with van der Waals surface area (Å²) >= 11 is 0. The van der Waals surface area contributed by atoms with Gasteiger partial charge in [-0.3, -0.25) is 4.79 Å². The fourth-order valence-corrected chi connectivity index (χ4v) is 5.19. The zero-order chi connectivity index (χ0) is 19.9. The normalized spacial score (nSPS) is 18.0. The Labute approximate surface area is 164 Å². The molecule has 4 rings (SSSR count). The van der Waals surface area contributed by atoms with Crippen LogP contribution in [-0.4, -0.2) is 32.3 Å². The van der Waals surface area contributed by atoms with Gasteiger partial charge < -0.3 is 9.80 Å². The van der Waals surface area contributed by atoms with Crippen LogP contribution in [0.5, 0.6) is 0 Å². The Balaban J connectivity index is 1.90. The van der Waals surface area contributed by atoms with E-state index < -0.39 is 21.6 Å². The van der Waals surface area contributed by atoms with Crippen LogP contribution in [0.25, 0.3) is 0 Å². The van der Waals surface area contributed by atoms with Gasteiger partial charge in [0.15, 0.2) is 4.91 Å². The molecular formula is C21H21FN2O3S. The van der Waals surface area contributed by atoms with Gasteiger partial charge in [-0.05, 0) is 55.2 Å². The molecule has 1 saturated heterocycles. The quantitative estimate of drug-likeness (QED) is 0.736. The third kappa shape index (κ3) is 3.09. The molecule has 2 heterocycles. The first-order valence-electron chi connectivity index (χ1n) is 9.35. The van der Waals surface area contributed by atoms with Crippen LogP contribution in [0.2, 0.25) is 0 Å². The van der Waals surface area contributed by atoms with E-state index in [0.29, 0.717) is 18.8 Å². The van der Waals surface area contributed by atoms with Crippen molar-refractivity contribution in [2.75, 3.05) is 18.0 Å². The number of likely N-dealkylation sites (tertiary alicyclic amines) is 1. The Hall–Kier alpha value is -2.67. The molecule has 28 heavy (non-hydrogen) atoms. The van der Waals surface area contributed by atoms with Gasteiger partial charge in [0.25, 0.3) is 5.91 Å². The highest BCUT2D eigenvalue weighted by Gasteiger charge is 2.38. The van der Waals surface area contributed by atoms with E-state index in [0.717, 1.165) is 30.9 Å². The molecule has 2 aromatic rings. The number of benzene rings is 2. The predicted molar refractivity (Wildman–Crippen MR) is 105 cm³/mol. The van der Waals surface area contributed by atoms with E-state index in [1.165, 1.54) is 18.3 Å². The van der Waals surface area contributed by atoms with Crippen LogP contribution in [0, 0.1) is 5.82 Å². The highest BCUT2D eigenvalue weighted by Crippen LogP contribution is 2.40. The lowest BCUT2D eigenvalue weighted by Gasteiger charge is -2.30. The number of amides is 1. The minimum Gasteiger partial charge on any atom is -0.338 e. The standard InChI is InChI=1S/C21H21FN2O3S/c1-2-15-6-5-7-17(12-15)24-14-20(21(25)23-10-3-4-11-23)28(26,27)19-9-8-16(22)13-18(19)24/h5-9,12-14H,2-4,10-11H2,1H3. The van der Waals surface area contributed by atoms with Gasteiger partial charge in [-0.15, -0.1) is 0 Å².